The average Bonchev–Trinajstić information content (AvgIpc) is 2.83. The zero-order valence-electron chi connectivity index (χ0n) is 14.4. The number of rotatable bonds is 2. The highest BCUT2D eigenvalue weighted by Crippen LogP contribution is 2.42. The van der Waals surface area contributed by atoms with Gasteiger partial charge >= 0.3 is 0 Å². The third kappa shape index (κ3) is 2.88. The monoisotopic (exact) mass is 315 g/mol. The number of fused-ring (bicyclic) bond motifs is 1. The second-order valence-corrected chi connectivity index (χ2v) is 7.11. The van der Waals surface area contributed by atoms with E-state index in [9.17, 15) is 9.90 Å². The Morgan fingerprint density at radius 2 is 2.00 bits per heavy atom. The number of hydrogen-bond acceptors (Lipinski definition) is 4. The van der Waals surface area contributed by atoms with Crippen LogP contribution in [-0.4, -0.2) is 28.9 Å². The molecule has 23 heavy (non-hydrogen) atoms. The summed E-state index contributed by atoms with van der Waals surface area (Å²) in [6.45, 7) is 10.5. The summed E-state index contributed by atoms with van der Waals surface area (Å²) in [7, 11) is 0. The van der Waals surface area contributed by atoms with Gasteiger partial charge in [0.1, 0.15) is 11.5 Å². The molecule has 2 aliphatic heterocycles. The molecule has 0 aromatic heterocycles. The first kappa shape index (κ1) is 16.1. The number of carbonyl (C=O) groups excluding carboxylic acids is 1. The van der Waals surface area contributed by atoms with E-state index in [4.69, 9.17) is 4.74 Å². The lowest BCUT2D eigenvalue weighted by Gasteiger charge is -2.30. The van der Waals surface area contributed by atoms with E-state index in [0.717, 1.165) is 35.7 Å². The van der Waals surface area contributed by atoms with Gasteiger partial charge in [0.15, 0.2) is 5.76 Å². The Hall–Kier alpha value is -1.81. The van der Waals surface area contributed by atoms with E-state index >= 15 is 0 Å². The van der Waals surface area contributed by atoms with E-state index in [2.05, 4.69) is 11.8 Å². The number of carbonyl (C=O) groups is 1. The molecule has 0 aliphatic carbocycles. The number of piperidine rings is 1. The Morgan fingerprint density at radius 3 is 2.61 bits per heavy atom. The number of hydrogen-bond donors (Lipinski definition) is 1. The predicted octanol–water partition coefficient (Wildman–Crippen LogP) is 3.80. The van der Waals surface area contributed by atoms with E-state index in [0.29, 0.717) is 23.6 Å². The number of aromatic hydroxyl groups is 1. The molecule has 0 amide bonds. The van der Waals surface area contributed by atoms with Crippen LogP contribution in [0.2, 0.25) is 0 Å². The van der Waals surface area contributed by atoms with E-state index < -0.39 is 0 Å². The van der Waals surface area contributed by atoms with Crippen molar-refractivity contribution in [1.29, 1.82) is 0 Å². The summed E-state index contributed by atoms with van der Waals surface area (Å²) in [5.41, 5.74) is 2.99. The number of phenols is 1. The van der Waals surface area contributed by atoms with E-state index in [-0.39, 0.29) is 11.5 Å². The van der Waals surface area contributed by atoms with E-state index in [1.54, 1.807) is 6.07 Å². The Morgan fingerprint density at radius 1 is 1.35 bits per heavy atom. The molecule has 4 heteroatoms. The topological polar surface area (TPSA) is 49.8 Å². The first-order valence-electron chi connectivity index (χ1n) is 8.36. The molecule has 1 aromatic rings. The van der Waals surface area contributed by atoms with Crippen LogP contribution in [0, 0.1) is 12.8 Å². The number of Topliss-reactive ketones (excluding diaryl/α,β-unsaturated/α-hetero) is 1. The van der Waals surface area contributed by atoms with Gasteiger partial charge in [-0.15, -0.1) is 0 Å². The Bertz CT molecular complexity index is 678. The highest BCUT2D eigenvalue weighted by Gasteiger charge is 2.34. The van der Waals surface area contributed by atoms with Gasteiger partial charge in [0.05, 0.1) is 11.1 Å². The minimum Gasteiger partial charge on any atom is -0.507 e. The number of ether oxygens (including phenoxy) is 1. The number of aryl methyl sites for hydroxylation is 1. The molecule has 2 aliphatic rings. The Balaban J connectivity index is 1.97. The summed E-state index contributed by atoms with van der Waals surface area (Å²) in [4.78, 5) is 14.9. The van der Waals surface area contributed by atoms with Crippen molar-refractivity contribution in [3.05, 3.63) is 34.1 Å². The number of phenolic OH excluding ortho intramolecular Hbond substituents is 1. The van der Waals surface area contributed by atoms with Crippen LogP contribution < -0.4 is 4.74 Å². The third-order valence-electron chi connectivity index (χ3n) is 4.91. The SMILES string of the molecule is CC(C)=C1Oc2c(CN3CCC(C)CC3)c(O)cc(C)c2C1=O. The molecule has 0 bridgehead atoms. The minimum absolute atomic E-state index is 0.0639. The van der Waals surface area contributed by atoms with Gasteiger partial charge in [-0.05, 0) is 69.8 Å². The number of ketones is 1. The normalized spacial score (nSPS) is 19.0. The lowest BCUT2D eigenvalue weighted by molar-refractivity contribution is 0.101. The molecule has 4 nitrogen and oxygen atoms in total. The van der Waals surface area contributed by atoms with Crippen molar-refractivity contribution in [3.8, 4) is 11.5 Å². The molecule has 124 valence electrons. The Labute approximate surface area is 137 Å². The summed E-state index contributed by atoms with van der Waals surface area (Å²) in [5.74, 6) is 1.89. The standard InChI is InChI=1S/C19H25NO3/c1-11(2)18-17(22)16-13(4)9-15(21)14(19(16)23-18)10-20-7-5-12(3)6-8-20/h9,12,21H,5-8,10H2,1-4H3. The first-order chi connectivity index (χ1) is 10.9. The molecule has 1 aromatic carbocycles. The quantitative estimate of drug-likeness (QED) is 0.843. The van der Waals surface area contributed by atoms with Crippen LogP contribution in [-0.2, 0) is 6.54 Å². The van der Waals surface area contributed by atoms with Crippen LogP contribution in [0.15, 0.2) is 17.4 Å². The highest BCUT2D eigenvalue weighted by molar-refractivity contribution is 6.14. The molecule has 1 fully saturated rings. The van der Waals surface area contributed by atoms with Crippen molar-refractivity contribution in [1.82, 2.24) is 4.90 Å². The molecular formula is C19H25NO3. The fraction of sp³-hybridized carbons (Fsp3) is 0.526. The van der Waals surface area contributed by atoms with Gasteiger partial charge in [0.25, 0.3) is 0 Å². The van der Waals surface area contributed by atoms with Gasteiger partial charge in [-0.3, -0.25) is 9.69 Å². The van der Waals surface area contributed by atoms with Crippen molar-refractivity contribution in [2.75, 3.05) is 13.1 Å². The summed E-state index contributed by atoms with van der Waals surface area (Å²) < 4.78 is 5.88. The second kappa shape index (κ2) is 6.00. The summed E-state index contributed by atoms with van der Waals surface area (Å²) >= 11 is 0. The lowest BCUT2D eigenvalue weighted by atomic mass is 9.96. The molecule has 0 spiro atoms. The van der Waals surface area contributed by atoms with Crippen LogP contribution in [0.1, 0.15) is 55.1 Å². The van der Waals surface area contributed by atoms with E-state index in [1.807, 2.05) is 20.8 Å². The minimum atomic E-state index is -0.0639. The lowest BCUT2D eigenvalue weighted by Crippen LogP contribution is -2.32. The van der Waals surface area contributed by atoms with Gasteiger partial charge in [-0.25, -0.2) is 0 Å². The predicted molar refractivity (Wildman–Crippen MR) is 89.9 cm³/mol. The average molecular weight is 315 g/mol. The van der Waals surface area contributed by atoms with Crippen LogP contribution in [0.25, 0.3) is 0 Å². The van der Waals surface area contributed by atoms with Crippen molar-refractivity contribution in [2.24, 2.45) is 5.92 Å². The van der Waals surface area contributed by atoms with Gasteiger partial charge in [-0.2, -0.15) is 0 Å². The number of benzene rings is 1. The smallest absolute Gasteiger partial charge is 0.232 e. The fourth-order valence-corrected chi connectivity index (χ4v) is 3.39. The van der Waals surface area contributed by atoms with Crippen molar-refractivity contribution >= 4 is 5.78 Å². The summed E-state index contributed by atoms with van der Waals surface area (Å²) in [6.07, 6.45) is 2.35. The third-order valence-corrected chi connectivity index (χ3v) is 4.91. The van der Waals surface area contributed by atoms with Crippen LogP contribution in [0.4, 0.5) is 0 Å². The molecule has 2 heterocycles. The number of likely N-dealkylation sites (tertiary alicyclic amines) is 1. The maximum Gasteiger partial charge on any atom is 0.232 e. The Kier molecular flexibility index (Phi) is 4.19. The molecule has 0 saturated carbocycles. The fourth-order valence-electron chi connectivity index (χ4n) is 3.39. The van der Waals surface area contributed by atoms with Gasteiger partial charge in [0.2, 0.25) is 5.78 Å². The van der Waals surface area contributed by atoms with E-state index in [1.165, 1.54) is 12.8 Å². The van der Waals surface area contributed by atoms with Crippen molar-refractivity contribution in [2.45, 2.75) is 47.1 Å². The van der Waals surface area contributed by atoms with Gasteiger partial charge < -0.3 is 9.84 Å². The molecule has 0 unspecified atom stereocenters. The molecule has 3 rings (SSSR count). The first-order valence-corrected chi connectivity index (χ1v) is 8.36. The zero-order chi connectivity index (χ0) is 16.7. The second-order valence-electron chi connectivity index (χ2n) is 7.11. The van der Waals surface area contributed by atoms with Crippen LogP contribution in [0.3, 0.4) is 0 Å². The van der Waals surface area contributed by atoms with Crippen LogP contribution >= 0.6 is 0 Å². The zero-order valence-corrected chi connectivity index (χ0v) is 14.4. The van der Waals surface area contributed by atoms with Gasteiger partial charge in [-0.1, -0.05) is 6.92 Å². The summed E-state index contributed by atoms with van der Waals surface area (Å²) in [6, 6.07) is 1.69. The summed E-state index contributed by atoms with van der Waals surface area (Å²) in [5, 5.41) is 10.4. The molecule has 1 N–H and O–H groups in total. The van der Waals surface area contributed by atoms with Crippen LogP contribution in [0.5, 0.6) is 11.5 Å². The van der Waals surface area contributed by atoms with Crippen molar-refractivity contribution < 1.29 is 14.6 Å². The molecule has 0 atom stereocenters. The largest absolute Gasteiger partial charge is 0.507 e. The maximum absolute atomic E-state index is 12.6. The molecule has 0 radical (unpaired) electrons. The molecular weight excluding hydrogens is 290 g/mol. The molecule has 1 saturated heterocycles. The number of allylic oxidation sites excluding steroid dienone is 2. The van der Waals surface area contributed by atoms with Gasteiger partial charge in [0, 0.05) is 6.54 Å². The number of nitrogens with zero attached hydrogens (tertiary/aromatic N) is 1. The van der Waals surface area contributed by atoms with Crippen molar-refractivity contribution in [3.63, 3.8) is 0 Å². The maximum atomic E-state index is 12.6. The highest BCUT2D eigenvalue weighted by atomic mass is 16.5.